The smallest absolute Gasteiger partial charge is 0.224 e. The summed E-state index contributed by atoms with van der Waals surface area (Å²) in [5.41, 5.74) is 4.43. The number of benzene rings is 3. The number of anilines is 3. The van der Waals surface area contributed by atoms with Crippen molar-refractivity contribution in [2.24, 2.45) is 0 Å². The quantitative estimate of drug-likeness (QED) is 0.188. The number of aryl methyl sites for hydroxylation is 1. The number of rotatable bonds is 14. The zero-order valence-corrected chi connectivity index (χ0v) is 22.1. The van der Waals surface area contributed by atoms with Gasteiger partial charge >= 0.3 is 0 Å². The lowest BCUT2D eigenvalue weighted by Crippen LogP contribution is -2.39. The third kappa shape index (κ3) is 7.08. The number of nitrogens with one attached hydrogen (secondary N) is 1. The number of hydrogen-bond acceptors (Lipinski definition) is 3. The molecule has 4 nitrogen and oxygen atoms in total. The SMILES string of the molecule is CCCCCCCCCC(=O)Nc1ccc(N(c2ccccc2C)N(CC)CC)c2ccccc12. The molecule has 0 atom stereocenters. The van der Waals surface area contributed by atoms with Crippen molar-refractivity contribution in [3.05, 3.63) is 66.2 Å². The van der Waals surface area contributed by atoms with Crippen molar-refractivity contribution < 1.29 is 4.79 Å². The minimum absolute atomic E-state index is 0.107. The van der Waals surface area contributed by atoms with E-state index in [0.717, 1.165) is 48.1 Å². The number of hydrazine groups is 1. The van der Waals surface area contributed by atoms with Crippen LogP contribution in [0.25, 0.3) is 10.8 Å². The number of carbonyl (C=O) groups is 1. The van der Waals surface area contributed by atoms with E-state index in [0.29, 0.717) is 6.42 Å². The Balaban J connectivity index is 1.82. The largest absolute Gasteiger partial charge is 0.326 e. The summed E-state index contributed by atoms with van der Waals surface area (Å²) >= 11 is 0. The highest BCUT2D eigenvalue weighted by Gasteiger charge is 2.20. The van der Waals surface area contributed by atoms with Gasteiger partial charge in [0.05, 0.1) is 11.4 Å². The van der Waals surface area contributed by atoms with Crippen LogP contribution in [0.2, 0.25) is 0 Å². The molecule has 0 fully saturated rings. The summed E-state index contributed by atoms with van der Waals surface area (Å²) in [5.74, 6) is 0.107. The van der Waals surface area contributed by atoms with Gasteiger partial charge in [-0.3, -0.25) is 9.80 Å². The first-order valence-electron chi connectivity index (χ1n) is 13.5. The highest BCUT2D eigenvalue weighted by molar-refractivity contribution is 6.07. The zero-order chi connectivity index (χ0) is 25.0. The molecule has 0 aliphatic heterocycles. The van der Waals surface area contributed by atoms with E-state index in [1.807, 2.05) is 6.07 Å². The van der Waals surface area contributed by atoms with Crippen molar-refractivity contribution in [3.8, 4) is 0 Å². The van der Waals surface area contributed by atoms with Gasteiger partial charge in [0, 0.05) is 36.0 Å². The Morgan fingerprint density at radius 3 is 2.03 bits per heavy atom. The Labute approximate surface area is 212 Å². The lowest BCUT2D eigenvalue weighted by atomic mass is 10.0. The van der Waals surface area contributed by atoms with E-state index in [2.05, 4.69) is 97.6 Å². The Morgan fingerprint density at radius 2 is 1.34 bits per heavy atom. The van der Waals surface area contributed by atoms with Gasteiger partial charge in [0.1, 0.15) is 0 Å². The van der Waals surface area contributed by atoms with E-state index in [1.54, 1.807) is 0 Å². The molecule has 0 saturated carbocycles. The van der Waals surface area contributed by atoms with Crippen LogP contribution in [0.1, 0.15) is 77.7 Å². The predicted octanol–water partition coefficient (Wildman–Crippen LogP) is 8.62. The molecule has 0 aromatic heterocycles. The van der Waals surface area contributed by atoms with E-state index < -0.39 is 0 Å². The maximum atomic E-state index is 12.7. The number of fused-ring (bicyclic) bond motifs is 1. The highest BCUT2D eigenvalue weighted by atomic mass is 16.1. The van der Waals surface area contributed by atoms with Gasteiger partial charge in [-0.25, -0.2) is 5.01 Å². The molecule has 35 heavy (non-hydrogen) atoms. The topological polar surface area (TPSA) is 35.6 Å². The van der Waals surface area contributed by atoms with Crippen LogP contribution in [0, 0.1) is 6.92 Å². The molecular weight excluding hydrogens is 430 g/mol. The fourth-order valence-corrected chi connectivity index (χ4v) is 4.77. The van der Waals surface area contributed by atoms with Crippen molar-refractivity contribution in [1.29, 1.82) is 0 Å². The predicted molar refractivity (Wildman–Crippen MR) is 151 cm³/mol. The van der Waals surface area contributed by atoms with Crippen LogP contribution in [0.15, 0.2) is 60.7 Å². The molecule has 3 rings (SSSR count). The first-order valence-corrected chi connectivity index (χ1v) is 13.5. The molecule has 3 aromatic rings. The summed E-state index contributed by atoms with van der Waals surface area (Å²) in [7, 11) is 0. The minimum atomic E-state index is 0.107. The van der Waals surface area contributed by atoms with Crippen molar-refractivity contribution >= 4 is 33.7 Å². The normalized spacial score (nSPS) is 11.2. The number of unbranched alkanes of at least 4 members (excludes halogenated alkanes) is 6. The molecule has 1 N–H and O–H groups in total. The van der Waals surface area contributed by atoms with Crippen LogP contribution in [-0.2, 0) is 4.79 Å². The van der Waals surface area contributed by atoms with Crippen molar-refractivity contribution in [2.75, 3.05) is 23.4 Å². The summed E-state index contributed by atoms with van der Waals surface area (Å²) in [6, 6.07) is 21.1. The second kappa shape index (κ2) is 13.9. The highest BCUT2D eigenvalue weighted by Crippen LogP contribution is 2.38. The van der Waals surface area contributed by atoms with E-state index in [1.165, 1.54) is 43.4 Å². The number of para-hydroxylation sites is 1. The fraction of sp³-hybridized carbons (Fsp3) is 0.452. The second-order valence-electron chi connectivity index (χ2n) is 9.33. The Morgan fingerprint density at radius 1 is 0.714 bits per heavy atom. The molecule has 0 radical (unpaired) electrons. The third-order valence-electron chi connectivity index (χ3n) is 6.77. The fourth-order valence-electron chi connectivity index (χ4n) is 4.77. The molecule has 0 bridgehead atoms. The van der Waals surface area contributed by atoms with E-state index in [-0.39, 0.29) is 5.91 Å². The molecule has 0 aliphatic carbocycles. The Bertz CT molecular complexity index is 1070. The number of hydrogen-bond donors (Lipinski definition) is 1. The molecule has 0 aliphatic rings. The molecule has 3 aromatic carbocycles. The first-order chi connectivity index (χ1) is 17.1. The Hall–Kier alpha value is -2.85. The van der Waals surface area contributed by atoms with Crippen molar-refractivity contribution in [3.63, 3.8) is 0 Å². The van der Waals surface area contributed by atoms with Gasteiger partial charge in [0.15, 0.2) is 0 Å². The lowest BCUT2D eigenvalue weighted by molar-refractivity contribution is -0.116. The maximum Gasteiger partial charge on any atom is 0.224 e. The van der Waals surface area contributed by atoms with Gasteiger partial charge in [0.2, 0.25) is 5.91 Å². The summed E-state index contributed by atoms with van der Waals surface area (Å²) < 4.78 is 0. The summed E-state index contributed by atoms with van der Waals surface area (Å²) in [4.78, 5) is 12.7. The van der Waals surface area contributed by atoms with Gasteiger partial charge in [-0.15, -0.1) is 0 Å². The molecular formula is C31H43N3O. The van der Waals surface area contributed by atoms with Crippen LogP contribution >= 0.6 is 0 Å². The van der Waals surface area contributed by atoms with Crippen molar-refractivity contribution in [1.82, 2.24) is 5.01 Å². The van der Waals surface area contributed by atoms with Crippen LogP contribution < -0.4 is 10.3 Å². The number of carbonyl (C=O) groups excluding carboxylic acids is 1. The van der Waals surface area contributed by atoms with Gasteiger partial charge < -0.3 is 5.32 Å². The Kier molecular flexibility index (Phi) is 10.6. The van der Waals surface area contributed by atoms with E-state index >= 15 is 0 Å². The van der Waals surface area contributed by atoms with E-state index in [4.69, 9.17) is 0 Å². The zero-order valence-electron chi connectivity index (χ0n) is 22.1. The molecule has 0 unspecified atom stereocenters. The summed E-state index contributed by atoms with van der Waals surface area (Å²) in [5, 5.41) is 10.1. The molecule has 188 valence electrons. The summed E-state index contributed by atoms with van der Waals surface area (Å²) in [6.07, 6.45) is 9.08. The average Bonchev–Trinajstić information content (AvgIpc) is 2.88. The second-order valence-corrected chi connectivity index (χ2v) is 9.33. The van der Waals surface area contributed by atoms with Gasteiger partial charge in [-0.2, -0.15) is 0 Å². The van der Waals surface area contributed by atoms with Crippen LogP contribution in [0.4, 0.5) is 17.1 Å². The number of amides is 1. The molecule has 1 amide bonds. The number of nitrogens with zero attached hydrogens (tertiary/aromatic N) is 2. The first kappa shape index (κ1) is 26.7. The molecule has 0 saturated heterocycles. The average molecular weight is 474 g/mol. The van der Waals surface area contributed by atoms with Crippen molar-refractivity contribution in [2.45, 2.75) is 79.1 Å². The van der Waals surface area contributed by atoms with Gasteiger partial charge in [-0.05, 0) is 37.1 Å². The summed E-state index contributed by atoms with van der Waals surface area (Å²) in [6.45, 7) is 10.6. The minimum Gasteiger partial charge on any atom is -0.326 e. The van der Waals surface area contributed by atoms with Crippen LogP contribution in [0.5, 0.6) is 0 Å². The molecule has 4 heteroatoms. The monoisotopic (exact) mass is 473 g/mol. The standard InChI is InChI=1S/C31H43N3O/c1-5-8-9-10-11-12-13-22-31(35)32-28-23-24-30(27-20-16-15-19-26(27)28)34(33(6-2)7-3)29-21-17-14-18-25(29)4/h14-21,23-24H,5-13,22H2,1-4H3,(H,32,35). The maximum absolute atomic E-state index is 12.7. The van der Waals surface area contributed by atoms with Gasteiger partial charge in [0.25, 0.3) is 0 Å². The van der Waals surface area contributed by atoms with E-state index in [9.17, 15) is 4.79 Å². The molecule has 0 heterocycles. The van der Waals surface area contributed by atoms with Crippen LogP contribution in [-0.4, -0.2) is 24.0 Å². The third-order valence-corrected chi connectivity index (χ3v) is 6.77. The van der Waals surface area contributed by atoms with Gasteiger partial charge in [-0.1, -0.05) is 102 Å². The molecule has 0 spiro atoms. The van der Waals surface area contributed by atoms with Crippen LogP contribution in [0.3, 0.4) is 0 Å². The lowest BCUT2D eigenvalue weighted by Gasteiger charge is -2.37.